The lowest BCUT2D eigenvalue weighted by Crippen LogP contribution is -2.05. The van der Waals surface area contributed by atoms with Crippen LogP contribution in [0, 0.1) is 0 Å². The second-order valence-electron chi connectivity index (χ2n) is 5.75. The van der Waals surface area contributed by atoms with Crippen LogP contribution in [0.25, 0.3) is 0 Å². The van der Waals surface area contributed by atoms with Crippen molar-refractivity contribution in [1.82, 2.24) is 0 Å². The van der Waals surface area contributed by atoms with E-state index in [0.717, 1.165) is 11.3 Å². The van der Waals surface area contributed by atoms with Gasteiger partial charge in [-0.05, 0) is 43.7 Å². The number of nitrogens with zero attached hydrogens (tertiary/aromatic N) is 1. The molecule has 2 aromatic carbocycles. The largest absolute Gasteiger partial charge is 0.508 e. The minimum atomic E-state index is -0.0000524. The molecule has 0 unspecified atom stereocenters. The van der Waals surface area contributed by atoms with Gasteiger partial charge in [-0.25, -0.2) is 0 Å². The molecule has 26 heavy (non-hydrogen) atoms. The molecule has 0 aromatic heterocycles. The third kappa shape index (κ3) is 6.65. The van der Waals surface area contributed by atoms with Crippen LogP contribution >= 0.6 is 23.2 Å². The summed E-state index contributed by atoms with van der Waals surface area (Å²) in [4.78, 5) is 5.12. The standard InChI is InChI=1S/C19H21Cl2NO4/c1-13(2)26-22-12-14-4-6-16(7-5-14)24-8-3-9-25-19-17(20)10-15(23)11-18(19)21/h4-7,10-13,23H,3,8-9H2,1-2H3. The zero-order valence-electron chi connectivity index (χ0n) is 14.6. The van der Waals surface area contributed by atoms with Crippen LogP contribution in [-0.4, -0.2) is 30.6 Å². The highest BCUT2D eigenvalue weighted by Crippen LogP contribution is 2.36. The van der Waals surface area contributed by atoms with Crippen LogP contribution in [0.4, 0.5) is 0 Å². The molecule has 0 radical (unpaired) electrons. The Kier molecular flexibility index (Phi) is 7.88. The van der Waals surface area contributed by atoms with Crippen molar-refractivity contribution in [2.45, 2.75) is 26.4 Å². The van der Waals surface area contributed by atoms with Gasteiger partial charge in [0.05, 0.1) is 29.5 Å². The first-order valence-corrected chi connectivity index (χ1v) is 8.94. The molecule has 0 bridgehead atoms. The maximum Gasteiger partial charge on any atom is 0.156 e. The number of hydrogen-bond donors (Lipinski definition) is 1. The normalized spacial score (nSPS) is 11.1. The van der Waals surface area contributed by atoms with Gasteiger partial charge in [0.15, 0.2) is 5.75 Å². The summed E-state index contributed by atoms with van der Waals surface area (Å²) in [5.74, 6) is 1.12. The van der Waals surface area contributed by atoms with Gasteiger partial charge in [-0.3, -0.25) is 0 Å². The van der Waals surface area contributed by atoms with Crippen LogP contribution in [0.5, 0.6) is 17.2 Å². The van der Waals surface area contributed by atoms with E-state index in [0.29, 0.717) is 25.4 Å². The second-order valence-corrected chi connectivity index (χ2v) is 6.56. The highest BCUT2D eigenvalue weighted by molar-refractivity contribution is 6.37. The summed E-state index contributed by atoms with van der Waals surface area (Å²) in [5.41, 5.74) is 0.929. The van der Waals surface area contributed by atoms with E-state index in [2.05, 4.69) is 5.16 Å². The Morgan fingerprint density at radius 3 is 2.27 bits per heavy atom. The van der Waals surface area contributed by atoms with Crippen LogP contribution in [0.15, 0.2) is 41.6 Å². The average Bonchev–Trinajstić information content (AvgIpc) is 2.57. The molecule has 0 aliphatic carbocycles. The Bertz CT molecular complexity index is 710. The van der Waals surface area contributed by atoms with Crippen LogP contribution in [0.2, 0.25) is 10.0 Å². The first kappa shape index (κ1) is 20.2. The summed E-state index contributed by atoms with van der Waals surface area (Å²) >= 11 is 12.0. The van der Waals surface area contributed by atoms with Gasteiger partial charge in [0.2, 0.25) is 0 Å². The van der Waals surface area contributed by atoms with Crippen molar-refractivity contribution < 1.29 is 19.4 Å². The first-order chi connectivity index (χ1) is 12.5. The number of phenolic OH excluding ortho intramolecular Hbond substituents is 1. The number of ether oxygens (including phenoxy) is 2. The molecule has 0 fully saturated rings. The molecule has 2 aromatic rings. The van der Waals surface area contributed by atoms with Crippen LogP contribution < -0.4 is 9.47 Å². The molecule has 0 heterocycles. The third-order valence-corrected chi connectivity index (χ3v) is 3.70. The SMILES string of the molecule is CC(C)ON=Cc1ccc(OCCCOc2c(Cl)cc(O)cc2Cl)cc1. The summed E-state index contributed by atoms with van der Waals surface area (Å²) < 4.78 is 11.2. The Balaban J connectivity index is 1.72. The Labute approximate surface area is 163 Å². The number of aromatic hydroxyl groups is 1. The zero-order valence-corrected chi connectivity index (χ0v) is 16.1. The smallest absolute Gasteiger partial charge is 0.156 e. The summed E-state index contributed by atoms with van der Waals surface area (Å²) in [6.45, 7) is 4.71. The van der Waals surface area contributed by atoms with Crippen molar-refractivity contribution >= 4 is 29.4 Å². The van der Waals surface area contributed by atoms with Gasteiger partial charge in [-0.2, -0.15) is 0 Å². The lowest BCUT2D eigenvalue weighted by atomic mass is 10.2. The Morgan fingerprint density at radius 2 is 1.65 bits per heavy atom. The van der Waals surface area contributed by atoms with Crippen LogP contribution in [-0.2, 0) is 4.84 Å². The summed E-state index contributed by atoms with van der Waals surface area (Å²) in [5, 5.41) is 13.8. The van der Waals surface area contributed by atoms with Gasteiger partial charge in [0, 0.05) is 18.6 Å². The first-order valence-electron chi connectivity index (χ1n) is 8.18. The number of hydrogen-bond acceptors (Lipinski definition) is 5. The topological polar surface area (TPSA) is 60.3 Å². The fourth-order valence-corrected chi connectivity index (χ4v) is 2.56. The van der Waals surface area contributed by atoms with E-state index in [-0.39, 0.29) is 21.9 Å². The van der Waals surface area contributed by atoms with Gasteiger partial charge in [-0.15, -0.1) is 0 Å². The molecule has 0 atom stereocenters. The molecule has 0 spiro atoms. The molecule has 7 heteroatoms. The Hall–Kier alpha value is -2.11. The van der Waals surface area contributed by atoms with E-state index in [1.165, 1.54) is 12.1 Å². The second kappa shape index (κ2) is 10.1. The summed E-state index contributed by atoms with van der Waals surface area (Å²) in [6.07, 6.45) is 2.37. The lowest BCUT2D eigenvalue weighted by molar-refractivity contribution is 0.0873. The Morgan fingerprint density at radius 1 is 1.04 bits per heavy atom. The minimum absolute atomic E-state index is 0.0000524. The van der Waals surface area contributed by atoms with Crippen molar-refractivity contribution in [3.63, 3.8) is 0 Å². The molecule has 0 aliphatic rings. The van der Waals surface area contributed by atoms with E-state index in [9.17, 15) is 5.11 Å². The van der Waals surface area contributed by atoms with E-state index in [1.54, 1.807) is 6.21 Å². The fraction of sp³-hybridized carbons (Fsp3) is 0.316. The van der Waals surface area contributed by atoms with Crippen LogP contribution in [0.3, 0.4) is 0 Å². The number of halogens is 2. The van der Waals surface area contributed by atoms with Crippen molar-refractivity contribution in [2.75, 3.05) is 13.2 Å². The van der Waals surface area contributed by atoms with Crippen molar-refractivity contribution in [3.05, 3.63) is 52.0 Å². The fourth-order valence-electron chi connectivity index (χ4n) is 1.97. The highest BCUT2D eigenvalue weighted by atomic mass is 35.5. The van der Waals surface area contributed by atoms with Gasteiger partial charge >= 0.3 is 0 Å². The maximum absolute atomic E-state index is 9.39. The van der Waals surface area contributed by atoms with Gasteiger partial charge in [-0.1, -0.05) is 28.4 Å². The van der Waals surface area contributed by atoms with E-state index in [1.807, 2.05) is 38.1 Å². The number of rotatable bonds is 9. The number of benzene rings is 2. The molecule has 5 nitrogen and oxygen atoms in total. The van der Waals surface area contributed by atoms with Crippen LogP contribution in [0.1, 0.15) is 25.8 Å². The predicted octanol–water partition coefficient (Wildman–Crippen LogP) is 5.31. The van der Waals surface area contributed by atoms with Crippen molar-refractivity contribution in [1.29, 1.82) is 0 Å². The summed E-state index contributed by atoms with van der Waals surface area (Å²) in [7, 11) is 0. The minimum Gasteiger partial charge on any atom is -0.508 e. The van der Waals surface area contributed by atoms with Gasteiger partial charge in [0.25, 0.3) is 0 Å². The molecule has 140 valence electrons. The van der Waals surface area contributed by atoms with Gasteiger partial charge in [0.1, 0.15) is 17.6 Å². The van der Waals surface area contributed by atoms with Crippen molar-refractivity contribution in [2.24, 2.45) is 5.16 Å². The molecular weight excluding hydrogens is 377 g/mol. The van der Waals surface area contributed by atoms with E-state index in [4.69, 9.17) is 37.5 Å². The summed E-state index contributed by atoms with van der Waals surface area (Å²) in [6, 6.07) is 10.3. The number of phenols is 1. The van der Waals surface area contributed by atoms with E-state index < -0.39 is 0 Å². The predicted molar refractivity (Wildman–Crippen MR) is 104 cm³/mol. The molecular formula is C19H21Cl2NO4. The van der Waals surface area contributed by atoms with Crippen molar-refractivity contribution in [3.8, 4) is 17.2 Å². The quantitative estimate of drug-likeness (QED) is 0.354. The third-order valence-electron chi connectivity index (χ3n) is 3.14. The zero-order chi connectivity index (χ0) is 18.9. The molecule has 0 saturated carbocycles. The highest BCUT2D eigenvalue weighted by Gasteiger charge is 2.09. The molecule has 0 aliphatic heterocycles. The van der Waals surface area contributed by atoms with Gasteiger partial charge < -0.3 is 19.4 Å². The average molecular weight is 398 g/mol. The lowest BCUT2D eigenvalue weighted by Gasteiger charge is -2.11. The monoisotopic (exact) mass is 397 g/mol. The molecule has 2 rings (SSSR count). The molecule has 0 saturated heterocycles. The molecule has 1 N–H and O–H groups in total. The maximum atomic E-state index is 9.39. The number of oxime groups is 1. The molecule has 0 amide bonds. The van der Waals surface area contributed by atoms with E-state index >= 15 is 0 Å².